The Kier molecular flexibility index (Phi) is 5.38. The monoisotopic (exact) mass is 443 g/mol. The van der Waals surface area contributed by atoms with E-state index >= 15 is 0 Å². The van der Waals surface area contributed by atoms with Crippen molar-refractivity contribution in [1.29, 1.82) is 0 Å². The van der Waals surface area contributed by atoms with Crippen LogP contribution in [0.3, 0.4) is 0 Å². The van der Waals surface area contributed by atoms with Crippen LogP contribution in [0.25, 0.3) is 10.4 Å². The molecule has 0 saturated carbocycles. The van der Waals surface area contributed by atoms with Crippen LogP contribution in [0, 0.1) is 5.82 Å². The number of hydrogen-bond donors (Lipinski definition) is 1. The SMILES string of the molecule is Fc1ccc(-c2sc(N/N=C\c3ccc(Br)cc3)nc2C(F)(F)F)cc1. The lowest BCUT2D eigenvalue weighted by Crippen LogP contribution is -2.07. The van der Waals surface area contributed by atoms with Gasteiger partial charge in [0.1, 0.15) is 5.82 Å². The minimum Gasteiger partial charge on any atom is -0.253 e. The van der Waals surface area contributed by atoms with Crippen molar-refractivity contribution >= 4 is 38.6 Å². The average molecular weight is 444 g/mol. The summed E-state index contributed by atoms with van der Waals surface area (Å²) in [7, 11) is 0. The molecule has 0 atom stereocenters. The second kappa shape index (κ2) is 7.55. The molecule has 0 unspecified atom stereocenters. The Balaban J connectivity index is 1.86. The van der Waals surface area contributed by atoms with E-state index in [-0.39, 0.29) is 15.6 Å². The lowest BCUT2D eigenvalue weighted by molar-refractivity contribution is -0.140. The molecule has 3 aromatic rings. The third-order valence-electron chi connectivity index (χ3n) is 3.25. The van der Waals surface area contributed by atoms with E-state index in [0.717, 1.165) is 33.5 Å². The van der Waals surface area contributed by atoms with Crippen LogP contribution in [0.15, 0.2) is 58.1 Å². The molecule has 0 fully saturated rings. The maximum Gasteiger partial charge on any atom is 0.434 e. The summed E-state index contributed by atoms with van der Waals surface area (Å²) in [6.07, 6.45) is -3.16. The molecule has 1 heterocycles. The molecular formula is C17H10BrF4N3S. The normalized spacial score (nSPS) is 11.9. The zero-order chi connectivity index (χ0) is 18.7. The van der Waals surface area contributed by atoms with Gasteiger partial charge in [0.15, 0.2) is 5.69 Å². The van der Waals surface area contributed by atoms with Crippen molar-refractivity contribution in [2.45, 2.75) is 6.18 Å². The predicted molar refractivity (Wildman–Crippen MR) is 97.9 cm³/mol. The van der Waals surface area contributed by atoms with Crippen LogP contribution in [0.5, 0.6) is 0 Å². The van der Waals surface area contributed by atoms with Crippen LogP contribution in [0.1, 0.15) is 11.3 Å². The molecule has 2 aromatic carbocycles. The molecule has 1 aromatic heterocycles. The van der Waals surface area contributed by atoms with E-state index in [1.807, 2.05) is 12.1 Å². The first-order chi connectivity index (χ1) is 12.3. The molecule has 26 heavy (non-hydrogen) atoms. The summed E-state index contributed by atoms with van der Waals surface area (Å²) >= 11 is 4.10. The number of nitrogens with zero attached hydrogens (tertiary/aromatic N) is 2. The molecular weight excluding hydrogens is 434 g/mol. The van der Waals surface area contributed by atoms with Crippen LogP contribution in [0.4, 0.5) is 22.7 Å². The molecule has 3 nitrogen and oxygen atoms in total. The molecule has 0 spiro atoms. The number of hydrazone groups is 1. The Hall–Kier alpha value is -2.26. The van der Waals surface area contributed by atoms with Crippen LogP contribution in [-0.2, 0) is 6.18 Å². The molecule has 0 saturated heterocycles. The number of alkyl halides is 3. The minimum atomic E-state index is -4.63. The molecule has 3 rings (SSSR count). The van der Waals surface area contributed by atoms with Gasteiger partial charge in [-0.05, 0) is 35.4 Å². The van der Waals surface area contributed by atoms with Gasteiger partial charge in [-0.15, -0.1) is 0 Å². The van der Waals surface area contributed by atoms with E-state index in [0.29, 0.717) is 0 Å². The number of halogens is 5. The summed E-state index contributed by atoms with van der Waals surface area (Å²) in [4.78, 5) is 3.49. The van der Waals surface area contributed by atoms with Crippen molar-refractivity contribution in [3.05, 3.63) is 70.1 Å². The van der Waals surface area contributed by atoms with E-state index in [4.69, 9.17) is 0 Å². The van der Waals surface area contributed by atoms with Crippen molar-refractivity contribution in [3.63, 3.8) is 0 Å². The lowest BCUT2D eigenvalue weighted by atomic mass is 10.1. The summed E-state index contributed by atoms with van der Waals surface area (Å²) in [5, 5.41) is 3.91. The summed E-state index contributed by atoms with van der Waals surface area (Å²) in [5.41, 5.74) is 2.49. The fourth-order valence-electron chi connectivity index (χ4n) is 2.07. The smallest absolute Gasteiger partial charge is 0.253 e. The Morgan fingerprint density at radius 2 is 1.69 bits per heavy atom. The van der Waals surface area contributed by atoms with Crippen molar-refractivity contribution in [1.82, 2.24) is 4.98 Å². The molecule has 0 amide bonds. The third-order valence-corrected chi connectivity index (χ3v) is 4.78. The summed E-state index contributed by atoms with van der Waals surface area (Å²) in [6.45, 7) is 0. The fraction of sp³-hybridized carbons (Fsp3) is 0.0588. The third kappa shape index (κ3) is 4.47. The highest BCUT2D eigenvalue weighted by Gasteiger charge is 2.38. The number of aromatic nitrogens is 1. The van der Waals surface area contributed by atoms with Gasteiger partial charge in [0.25, 0.3) is 0 Å². The Morgan fingerprint density at radius 1 is 1.04 bits per heavy atom. The molecule has 0 radical (unpaired) electrons. The van der Waals surface area contributed by atoms with Crippen LogP contribution in [-0.4, -0.2) is 11.2 Å². The summed E-state index contributed by atoms with van der Waals surface area (Å²) in [5.74, 6) is -0.524. The van der Waals surface area contributed by atoms with Gasteiger partial charge < -0.3 is 0 Å². The zero-order valence-corrected chi connectivity index (χ0v) is 15.3. The predicted octanol–water partition coefficient (Wildman–Crippen LogP) is 6.18. The van der Waals surface area contributed by atoms with Gasteiger partial charge in [-0.3, -0.25) is 5.43 Å². The Morgan fingerprint density at radius 3 is 2.31 bits per heavy atom. The molecule has 0 aliphatic heterocycles. The van der Waals surface area contributed by atoms with E-state index in [1.165, 1.54) is 18.3 Å². The number of thiazole rings is 1. The molecule has 0 aliphatic carbocycles. The Bertz CT molecular complexity index is 919. The molecule has 134 valence electrons. The molecule has 0 aliphatic rings. The molecule has 1 N–H and O–H groups in total. The van der Waals surface area contributed by atoms with Crippen molar-refractivity contribution in [2.24, 2.45) is 5.10 Å². The number of rotatable bonds is 4. The summed E-state index contributed by atoms with van der Waals surface area (Å²) < 4.78 is 53.7. The largest absolute Gasteiger partial charge is 0.434 e. The van der Waals surface area contributed by atoms with Crippen molar-refractivity contribution in [3.8, 4) is 10.4 Å². The van der Waals surface area contributed by atoms with E-state index in [2.05, 4.69) is 31.4 Å². The maximum atomic E-state index is 13.3. The highest BCUT2D eigenvalue weighted by Crippen LogP contribution is 2.41. The van der Waals surface area contributed by atoms with Gasteiger partial charge in [0.05, 0.1) is 11.1 Å². The van der Waals surface area contributed by atoms with Gasteiger partial charge in [-0.1, -0.05) is 51.5 Å². The van der Waals surface area contributed by atoms with Crippen molar-refractivity contribution in [2.75, 3.05) is 5.43 Å². The molecule has 9 heteroatoms. The zero-order valence-electron chi connectivity index (χ0n) is 12.9. The van der Waals surface area contributed by atoms with Crippen LogP contribution < -0.4 is 5.43 Å². The van der Waals surface area contributed by atoms with Gasteiger partial charge in [-0.2, -0.15) is 18.3 Å². The first-order valence-corrected chi connectivity index (χ1v) is 8.82. The second-order valence-corrected chi connectivity index (χ2v) is 7.04. The number of benzene rings is 2. The number of nitrogens with one attached hydrogen (secondary N) is 1. The number of hydrogen-bond acceptors (Lipinski definition) is 4. The standard InChI is InChI=1S/C17H10BrF4N3S/c18-12-5-1-10(2-6-12)9-23-25-16-24-15(17(20,21)22)14(26-16)11-3-7-13(19)8-4-11/h1-9H,(H,24,25)/b23-9-. The first-order valence-electron chi connectivity index (χ1n) is 7.21. The van der Waals surface area contributed by atoms with Crippen LogP contribution >= 0.6 is 27.3 Å². The first kappa shape index (κ1) is 18.5. The minimum absolute atomic E-state index is 0.00925. The second-order valence-electron chi connectivity index (χ2n) is 5.12. The average Bonchev–Trinajstić information content (AvgIpc) is 3.02. The lowest BCUT2D eigenvalue weighted by Gasteiger charge is -2.05. The van der Waals surface area contributed by atoms with Gasteiger partial charge in [-0.25, -0.2) is 9.37 Å². The maximum absolute atomic E-state index is 13.3. The van der Waals surface area contributed by atoms with Crippen molar-refractivity contribution < 1.29 is 17.6 Å². The van der Waals surface area contributed by atoms with Gasteiger partial charge in [0.2, 0.25) is 5.13 Å². The Labute approximate surface area is 158 Å². The highest BCUT2D eigenvalue weighted by molar-refractivity contribution is 9.10. The number of anilines is 1. The van der Waals surface area contributed by atoms with E-state index in [1.54, 1.807) is 12.1 Å². The quantitative estimate of drug-likeness (QED) is 0.297. The van der Waals surface area contributed by atoms with Gasteiger partial charge in [0, 0.05) is 4.47 Å². The fourth-order valence-corrected chi connectivity index (χ4v) is 3.27. The molecule has 0 bridgehead atoms. The van der Waals surface area contributed by atoms with E-state index < -0.39 is 17.7 Å². The summed E-state index contributed by atoms with van der Waals surface area (Å²) in [6, 6.07) is 12.0. The highest BCUT2D eigenvalue weighted by atomic mass is 79.9. The van der Waals surface area contributed by atoms with E-state index in [9.17, 15) is 17.6 Å². The topological polar surface area (TPSA) is 37.3 Å². The van der Waals surface area contributed by atoms with Gasteiger partial charge >= 0.3 is 6.18 Å². The van der Waals surface area contributed by atoms with Crippen LogP contribution in [0.2, 0.25) is 0 Å².